The minimum atomic E-state index is -0.339. The zero-order valence-electron chi connectivity index (χ0n) is 12.3. The Bertz CT molecular complexity index is 449. The third kappa shape index (κ3) is 3.77. The quantitative estimate of drug-likeness (QED) is 0.744. The molecule has 1 saturated heterocycles. The van der Waals surface area contributed by atoms with Gasteiger partial charge in [0.2, 0.25) is 5.89 Å². The normalized spacial score (nSPS) is 21.6. The van der Waals surface area contributed by atoms with Crippen LogP contribution in [0.15, 0.2) is 4.52 Å². The zero-order valence-corrected chi connectivity index (χ0v) is 12.3. The molecule has 7 nitrogen and oxygen atoms in total. The number of nitrogens with zero attached hydrogens (tertiary/aromatic N) is 4. The van der Waals surface area contributed by atoms with Gasteiger partial charge in [0, 0.05) is 6.54 Å². The Morgan fingerprint density at radius 1 is 1.45 bits per heavy atom. The number of aromatic nitrogens is 2. The Balaban J connectivity index is 2.04. The molecule has 0 aromatic carbocycles. The molecule has 0 spiro atoms. The molecule has 2 heterocycles. The fourth-order valence-electron chi connectivity index (χ4n) is 2.36. The fraction of sp³-hybridized carbons (Fsp3) is 0.769. The van der Waals surface area contributed by atoms with Crippen LogP contribution in [0.5, 0.6) is 0 Å². The predicted octanol–water partition coefficient (Wildman–Crippen LogP) is 0.484. The SMILES string of the molecule is CCOC(=O)Cc1nc(C2CN(C)CCCN2C)no1. The van der Waals surface area contributed by atoms with Gasteiger partial charge in [0.05, 0.1) is 12.6 Å². The fourth-order valence-corrected chi connectivity index (χ4v) is 2.36. The Morgan fingerprint density at radius 3 is 3.00 bits per heavy atom. The monoisotopic (exact) mass is 282 g/mol. The summed E-state index contributed by atoms with van der Waals surface area (Å²) in [5.74, 6) is 0.619. The summed E-state index contributed by atoms with van der Waals surface area (Å²) < 4.78 is 10.0. The maximum Gasteiger partial charge on any atom is 0.315 e. The molecular formula is C13H22N4O3. The molecule has 20 heavy (non-hydrogen) atoms. The van der Waals surface area contributed by atoms with Crippen molar-refractivity contribution in [2.75, 3.05) is 40.3 Å². The van der Waals surface area contributed by atoms with Crippen molar-refractivity contribution in [3.8, 4) is 0 Å². The number of hydrogen-bond donors (Lipinski definition) is 0. The second-order valence-corrected chi connectivity index (χ2v) is 5.14. The van der Waals surface area contributed by atoms with Crippen molar-refractivity contribution >= 4 is 5.97 Å². The molecule has 1 aliphatic heterocycles. The van der Waals surface area contributed by atoms with E-state index in [0.717, 1.165) is 26.1 Å². The smallest absolute Gasteiger partial charge is 0.315 e. The number of carbonyl (C=O) groups is 1. The highest BCUT2D eigenvalue weighted by Gasteiger charge is 2.26. The van der Waals surface area contributed by atoms with Crippen LogP contribution >= 0.6 is 0 Å². The Labute approximate surface area is 118 Å². The maximum absolute atomic E-state index is 11.4. The van der Waals surface area contributed by atoms with Gasteiger partial charge in [-0.05, 0) is 40.5 Å². The van der Waals surface area contributed by atoms with Crippen LogP contribution in [-0.2, 0) is 16.0 Å². The minimum Gasteiger partial charge on any atom is -0.466 e. The molecule has 0 bridgehead atoms. The largest absolute Gasteiger partial charge is 0.466 e. The van der Waals surface area contributed by atoms with Gasteiger partial charge in [-0.25, -0.2) is 0 Å². The molecule has 2 rings (SSSR count). The van der Waals surface area contributed by atoms with E-state index >= 15 is 0 Å². The first-order valence-corrected chi connectivity index (χ1v) is 6.97. The lowest BCUT2D eigenvalue weighted by atomic mass is 10.2. The molecule has 0 aliphatic carbocycles. The highest BCUT2D eigenvalue weighted by atomic mass is 16.5. The summed E-state index contributed by atoms with van der Waals surface area (Å²) in [4.78, 5) is 20.2. The Morgan fingerprint density at radius 2 is 2.25 bits per heavy atom. The minimum absolute atomic E-state index is 0.0348. The summed E-state index contributed by atoms with van der Waals surface area (Å²) in [6, 6.07) is 0.0993. The van der Waals surface area contributed by atoms with E-state index in [1.165, 1.54) is 0 Å². The van der Waals surface area contributed by atoms with E-state index in [0.29, 0.717) is 18.3 Å². The average Bonchev–Trinajstić information content (AvgIpc) is 2.77. The second kappa shape index (κ2) is 6.81. The molecule has 0 amide bonds. The number of esters is 1. The van der Waals surface area contributed by atoms with E-state index in [1.54, 1.807) is 6.92 Å². The summed E-state index contributed by atoms with van der Waals surface area (Å²) in [7, 11) is 4.15. The van der Waals surface area contributed by atoms with Gasteiger partial charge in [-0.1, -0.05) is 5.16 Å². The third-order valence-corrected chi connectivity index (χ3v) is 3.45. The lowest BCUT2D eigenvalue weighted by Crippen LogP contribution is -2.31. The molecule has 1 fully saturated rings. The van der Waals surface area contributed by atoms with Gasteiger partial charge in [0.15, 0.2) is 5.82 Å². The van der Waals surface area contributed by atoms with E-state index in [2.05, 4.69) is 34.0 Å². The first kappa shape index (κ1) is 14.9. The van der Waals surface area contributed by atoms with Crippen LogP contribution in [-0.4, -0.2) is 66.2 Å². The highest BCUT2D eigenvalue weighted by molar-refractivity contribution is 5.71. The molecule has 0 N–H and O–H groups in total. The second-order valence-electron chi connectivity index (χ2n) is 5.14. The van der Waals surface area contributed by atoms with Gasteiger partial charge >= 0.3 is 5.97 Å². The third-order valence-electron chi connectivity index (χ3n) is 3.45. The molecule has 1 aromatic rings. The molecule has 0 radical (unpaired) electrons. The summed E-state index contributed by atoms with van der Waals surface area (Å²) in [6.07, 6.45) is 1.16. The van der Waals surface area contributed by atoms with E-state index in [9.17, 15) is 4.79 Å². The number of likely N-dealkylation sites (N-methyl/N-ethyl adjacent to an activating group) is 2. The van der Waals surface area contributed by atoms with Crippen molar-refractivity contribution in [1.29, 1.82) is 0 Å². The highest BCUT2D eigenvalue weighted by Crippen LogP contribution is 2.20. The van der Waals surface area contributed by atoms with Crippen molar-refractivity contribution < 1.29 is 14.1 Å². The lowest BCUT2D eigenvalue weighted by Gasteiger charge is -2.24. The first-order chi connectivity index (χ1) is 9.60. The molecule has 0 saturated carbocycles. The molecule has 7 heteroatoms. The number of ether oxygens (including phenoxy) is 1. The van der Waals surface area contributed by atoms with Crippen LogP contribution in [0.2, 0.25) is 0 Å². The molecule has 1 unspecified atom stereocenters. The van der Waals surface area contributed by atoms with Gasteiger partial charge < -0.3 is 14.2 Å². The van der Waals surface area contributed by atoms with Crippen LogP contribution in [0.3, 0.4) is 0 Å². The van der Waals surface area contributed by atoms with Gasteiger partial charge in [-0.3, -0.25) is 9.69 Å². The van der Waals surface area contributed by atoms with E-state index in [1.807, 2.05) is 0 Å². The van der Waals surface area contributed by atoms with Crippen LogP contribution in [0.4, 0.5) is 0 Å². The van der Waals surface area contributed by atoms with Crippen molar-refractivity contribution in [3.63, 3.8) is 0 Å². The van der Waals surface area contributed by atoms with E-state index in [4.69, 9.17) is 9.26 Å². The van der Waals surface area contributed by atoms with Crippen molar-refractivity contribution in [2.45, 2.75) is 25.8 Å². The average molecular weight is 282 g/mol. The standard InChI is InChI=1S/C13H22N4O3/c1-4-19-12(18)8-11-14-13(15-20-11)10-9-16(2)6-5-7-17(10)3/h10H,4-9H2,1-3H3. The van der Waals surface area contributed by atoms with Gasteiger partial charge in [0.1, 0.15) is 6.42 Å². The number of carbonyl (C=O) groups excluding carboxylic acids is 1. The predicted molar refractivity (Wildman–Crippen MR) is 72.1 cm³/mol. The molecule has 112 valence electrons. The van der Waals surface area contributed by atoms with Crippen LogP contribution in [0.25, 0.3) is 0 Å². The van der Waals surface area contributed by atoms with Crippen LogP contribution in [0.1, 0.15) is 31.1 Å². The Hall–Kier alpha value is -1.47. The number of rotatable bonds is 4. The van der Waals surface area contributed by atoms with Crippen molar-refractivity contribution in [3.05, 3.63) is 11.7 Å². The zero-order chi connectivity index (χ0) is 14.5. The van der Waals surface area contributed by atoms with Gasteiger partial charge in [-0.15, -0.1) is 0 Å². The van der Waals surface area contributed by atoms with E-state index < -0.39 is 0 Å². The van der Waals surface area contributed by atoms with Crippen molar-refractivity contribution in [2.24, 2.45) is 0 Å². The molecule has 1 aliphatic rings. The molecular weight excluding hydrogens is 260 g/mol. The summed E-state index contributed by atoms with van der Waals surface area (Å²) in [5.41, 5.74) is 0. The Kier molecular flexibility index (Phi) is 5.08. The summed E-state index contributed by atoms with van der Waals surface area (Å²) in [5, 5.41) is 4.02. The number of hydrogen-bond acceptors (Lipinski definition) is 7. The van der Waals surface area contributed by atoms with E-state index in [-0.39, 0.29) is 18.4 Å². The molecule has 1 atom stereocenters. The van der Waals surface area contributed by atoms with Gasteiger partial charge in [-0.2, -0.15) is 4.98 Å². The summed E-state index contributed by atoms with van der Waals surface area (Å²) >= 11 is 0. The van der Waals surface area contributed by atoms with Crippen molar-refractivity contribution in [1.82, 2.24) is 19.9 Å². The van der Waals surface area contributed by atoms with Crippen LogP contribution in [0, 0.1) is 0 Å². The topological polar surface area (TPSA) is 71.7 Å². The molecule has 1 aromatic heterocycles. The summed E-state index contributed by atoms with van der Waals surface area (Å²) in [6.45, 7) is 5.05. The maximum atomic E-state index is 11.4. The van der Waals surface area contributed by atoms with Gasteiger partial charge in [0.25, 0.3) is 0 Å². The lowest BCUT2D eigenvalue weighted by molar-refractivity contribution is -0.142. The first-order valence-electron chi connectivity index (χ1n) is 6.97. The van der Waals surface area contributed by atoms with Crippen LogP contribution < -0.4 is 0 Å².